The fraction of sp³-hybridized carbons (Fsp3) is 0.250. The van der Waals surface area contributed by atoms with E-state index in [0.717, 1.165) is 6.42 Å². The zero-order chi connectivity index (χ0) is 13.0. The van der Waals surface area contributed by atoms with E-state index in [1.165, 1.54) is 17.2 Å². The second-order valence-electron chi connectivity index (χ2n) is 4.69. The van der Waals surface area contributed by atoms with Gasteiger partial charge < -0.3 is 5.73 Å². The van der Waals surface area contributed by atoms with Gasteiger partial charge in [-0.2, -0.15) is 0 Å². The molecule has 0 heterocycles. The number of nitrogens with two attached hydrogens (primary N) is 1. The molecular weight excluding hydrogens is 225 g/mol. The van der Waals surface area contributed by atoms with Gasteiger partial charge in [-0.1, -0.05) is 42.5 Å². The maximum absolute atomic E-state index is 13.5. The van der Waals surface area contributed by atoms with Gasteiger partial charge in [0.2, 0.25) is 0 Å². The summed E-state index contributed by atoms with van der Waals surface area (Å²) in [5.41, 5.74) is 9.28. The van der Waals surface area contributed by atoms with Crippen LogP contribution in [-0.4, -0.2) is 6.04 Å². The average molecular weight is 243 g/mol. The molecule has 18 heavy (non-hydrogen) atoms. The maximum Gasteiger partial charge on any atom is 0.126 e. The van der Waals surface area contributed by atoms with Crippen molar-refractivity contribution in [1.82, 2.24) is 0 Å². The van der Waals surface area contributed by atoms with E-state index >= 15 is 0 Å². The first-order valence-corrected chi connectivity index (χ1v) is 6.20. The molecule has 94 valence electrons. The van der Waals surface area contributed by atoms with Crippen LogP contribution in [0.5, 0.6) is 0 Å². The number of benzene rings is 2. The van der Waals surface area contributed by atoms with Crippen molar-refractivity contribution >= 4 is 0 Å². The highest BCUT2D eigenvalue weighted by molar-refractivity contribution is 5.27. The molecule has 0 fully saturated rings. The molecule has 0 aliphatic heterocycles. The van der Waals surface area contributed by atoms with E-state index in [1.54, 1.807) is 12.1 Å². The Morgan fingerprint density at radius 3 is 2.17 bits per heavy atom. The van der Waals surface area contributed by atoms with E-state index < -0.39 is 0 Å². The van der Waals surface area contributed by atoms with Crippen LogP contribution in [0, 0.1) is 12.7 Å². The Bertz CT molecular complexity index is 475. The first-order valence-electron chi connectivity index (χ1n) is 6.20. The first-order chi connectivity index (χ1) is 8.66. The second-order valence-corrected chi connectivity index (χ2v) is 4.69. The van der Waals surface area contributed by atoms with Crippen molar-refractivity contribution in [3.8, 4) is 0 Å². The quantitative estimate of drug-likeness (QED) is 0.876. The molecule has 1 nitrogen and oxygen atoms in total. The van der Waals surface area contributed by atoms with Crippen LogP contribution >= 0.6 is 0 Å². The number of halogens is 1. The van der Waals surface area contributed by atoms with Crippen LogP contribution in [0.25, 0.3) is 0 Å². The van der Waals surface area contributed by atoms with Crippen LogP contribution in [0.15, 0.2) is 48.5 Å². The second kappa shape index (κ2) is 5.78. The average Bonchev–Trinajstić information content (AvgIpc) is 2.35. The molecule has 0 bridgehead atoms. The molecule has 2 rings (SSSR count). The summed E-state index contributed by atoms with van der Waals surface area (Å²) >= 11 is 0. The summed E-state index contributed by atoms with van der Waals surface area (Å²) in [6, 6.07) is 15.0. The molecule has 0 aliphatic carbocycles. The molecule has 2 heteroatoms. The molecular formula is C16H18FN. The summed E-state index contributed by atoms with van der Waals surface area (Å²) in [6.45, 7) is 2.07. The van der Waals surface area contributed by atoms with Crippen molar-refractivity contribution < 1.29 is 4.39 Å². The topological polar surface area (TPSA) is 26.0 Å². The molecule has 0 saturated carbocycles. The highest BCUT2D eigenvalue weighted by Crippen LogP contribution is 2.13. The van der Waals surface area contributed by atoms with Crippen molar-refractivity contribution in [3.05, 3.63) is 71.0 Å². The highest BCUT2D eigenvalue weighted by Gasteiger charge is 2.09. The smallest absolute Gasteiger partial charge is 0.126 e. The van der Waals surface area contributed by atoms with Gasteiger partial charge in [-0.05, 0) is 42.5 Å². The van der Waals surface area contributed by atoms with Crippen molar-refractivity contribution in [3.63, 3.8) is 0 Å². The van der Waals surface area contributed by atoms with Gasteiger partial charge in [0.15, 0.2) is 0 Å². The minimum Gasteiger partial charge on any atom is -0.327 e. The van der Waals surface area contributed by atoms with Gasteiger partial charge >= 0.3 is 0 Å². The third-order valence-electron chi connectivity index (χ3n) is 3.18. The molecule has 0 aromatic heterocycles. The molecule has 1 unspecified atom stereocenters. The Morgan fingerprint density at radius 1 is 0.944 bits per heavy atom. The van der Waals surface area contributed by atoms with Crippen LogP contribution in [0.2, 0.25) is 0 Å². The van der Waals surface area contributed by atoms with E-state index in [-0.39, 0.29) is 11.9 Å². The summed E-state index contributed by atoms with van der Waals surface area (Å²) in [7, 11) is 0. The van der Waals surface area contributed by atoms with E-state index in [9.17, 15) is 4.39 Å². The first kappa shape index (κ1) is 12.8. The number of rotatable bonds is 4. The van der Waals surface area contributed by atoms with Gasteiger partial charge in [0.1, 0.15) is 5.82 Å². The molecule has 0 spiro atoms. The van der Waals surface area contributed by atoms with Crippen LogP contribution in [0.4, 0.5) is 4.39 Å². The zero-order valence-electron chi connectivity index (χ0n) is 10.6. The van der Waals surface area contributed by atoms with Gasteiger partial charge in [-0.15, -0.1) is 0 Å². The summed E-state index contributed by atoms with van der Waals surface area (Å²) in [5.74, 6) is -0.169. The molecule has 2 N–H and O–H groups in total. The van der Waals surface area contributed by atoms with E-state index in [2.05, 4.69) is 19.1 Å². The number of hydrogen-bond donors (Lipinski definition) is 1. The Morgan fingerprint density at radius 2 is 1.50 bits per heavy atom. The Balaban J connectivity index is 2.04. The van der Waals surface area contributed by atoms with Gasteiger partial charge in [-0.3, -0.25) is 0 Å². The third-order valence-corrected chi connectivity index (χ3v) is 3.18. The maximum atomic E-state index is 13.5. The Hall–Kier alpha value is -1.67. The van der Waals surface area contributed by atoms with Gasteiger partial charge in [0.05, 0.1) is 0 Å². The van der Waals surface area contributed by atoms with E-state index in [1.807, 2.05) is 18.2 Å². The molecule has 0 saturated heterocycles. The lowest BCUT2D eigenvalue weighted by atomic mass is 9.97. The van der Waals surface area contributed by atoms with Crippen molar-refractivity contribution in [2.45, 2.75) is 25.8 Å². The molecule has 2 aromatic carbocycles. The fourth-order valence-electron chi connectivity index (χ4n) is 2.14. The number of hydrogen-bond acceptors (Lipinski definition) is 1. The lowest BCUT2D eigenvalue weighted by Gasteiger charge is -2.14. The summed E-state index contributed by atoms with van der Waals surface area (Å²) in [4.78, 5) is 0. The SMILES string of the molecule is Cc1ccccc1CC(N)Cc1ccccc1F. The molecule has 2 aromatic rings. The Kier molecular flexibility index (Phi) is 4.11. The lowest BCUT2D eigenvalue weighted by molar-refractivity contribution is 0.583. The highest BCUT2D eigenvalue weighted by atomic mass is 19.1. The summed E-state index contributed by atoms with van der Waals surface area (Å²) in [6.07, 6.45) is 1.35. The van der Waals surface area contributed by atoms with E-state index in [4.69, 9.17) is 5.73 Å². The molecule has 0 radical (unpaired) electrons. The van der Waals surface area contributed by atoms with Crippen molar-refractivity contribution in [1.29, 1.82) is 0 Å². The van der Waals surface area contributed by atoms with Gasteiger partial charge in [0.25, 0.3) is 0 Å². The molecule has 0 aliphatic rings. The summed E-state index contributed by atoms with van der Waals surface area (Å²) < 4.78 is 13.5. The van der Waals surface area contributed by atoms with E-state index in [0.29, 0.717) is 12.0 Å². The largest absolute Gasteiger partial charge is 0.327 e. The third kappa shape index (κ3) is 3.17. The predicted octanol–water partition coefficient (Wildman–Crippen LogP) is 3.25. The normalized spacial score (nSPS) is 12.4. The number of aryl methyl sites for hydroxylation is 1. The monoisotopic (exact) mass is 243 g/mol. The van der Waals surface area contributed by atoms with Crippen LogP contribution in [0.3, 0.4) is 0 Å². The lowest BCUT2D eigenvalue weighted by Crippen LogP contribution is -2.26. The minimum atomic E-state index is -0.169. The molecule has 1 atom stereocenters. The molecule has 0 amide bonds. The van der Waals surface area contributed by atoms with Crippen molar-refractivity contribution in [2.24, 2.45) is 5.73 Å². The fourth-order valence-corrected chi connectivity index (χ4v) is 2.14. The summed E-state index contributed by atoms with van der Waals surface area (Å²) in [5, 5.41) is 0. The van der Waals surface area contributed by atoms with Crippen LogP contribution in [0.1, 0.15) is 16.7 Å². The van der Waals surface area contributed by atoms with Crippen molar-refractivity contribution in [2.75, 3.05) is 0 Å². The minimum absolute atomic E-state index is 0.0528. The van der Waals surface area contributed by atoms with Crippen LogP contribution < -0.4 is 5.73 Å². The zero-order valence-corrected chi connectivity index (χ0v) is 10.6. The predicted molar refractivity (Wildman–Crippen MR) is 73.0 cm³/mol. The van der Waals surface area contributed by atoms with Gasteiger partial charge in [-0.25, -0.2) is 4.39 Å². The standard InChI is InChI=1S/C16H18FN/c1-12-6-2-3-7-13(12)10-15(18)11-14-8-4-5-9-16(14)17/h2-9,15H,10-11,18H2,1H3. The Labute approximate surface area is 107 Å². The van der Waals surface area contributed by atoms with Crippen LogP contribution in [-0.2, 0) is 12.8 Å². The van der Waals surface area contributed by atoms with Gasteiger partial charge in [0, 0.05) is 6.04 Å².